The molecule has 1 aromatic carbocycles. The summed E-state index contributed by atoms with van der Waals surface area (Å²) in [6.07, 6.45) is 4.90. The molecule has 1 amide bonds. The number of allylic oxidation sites excluding steroid dienone is 1. The van der Waals surface area contributed by atoms with Crippen LogP contribution in [0.3, 0.4) is 0 Å². The highest BCUT2D eigenvalue weighted by atomic mass is 35.5. The van der Waals surface area contributed by atoms with Crippen LogP contribution in [0.25, 0.3) is 6.08 Å². The van der Waals surface area contributed by atoms with E-state index < -0.39 is 23.0 Å². The molecule has 3 heterocycles. The minimum absolute atomic E-state index is 0.0409. The Hall–Kier alpha value is -2.67. The van der Waals surface area contributed by atoms with Gasteiger partial charge in [-0.3, -0.25) is 9.69 Å². The van der Waals surface area contributed by atoms with E-state index in [1.165, 1.54) is 46.4 Å². The van der Waals surface area contributed by atoms with Gasteiger partial charge in [-0.1, -0.05) is 47.6 Å². The van der Waals surface area contributed by atoms with Crippen LogP contribution in [0.15, 0.2) is 51.8 Å². The number of fused-ring (bicyclic) bond motifs is 1. The van der Waals surface area contributed by atoms with Crippen molar-refractivity contribution in [3.63, 3.8) is 0 Å². The Kier molecular flexibility index (Phi) is 6.88. The van der Waals surface area contributed by atoms with E-state index in [1.54, 1.807) is 25.3 Å². The molecule has 33 heavy (non-hydrogen) atoms. The van der Waals surface area contributed by atoms with Gasteiger partial charge in [0.15, 0.2) is 0 Å². The summed E-state index contributed by atoms with van der Waals surface area (Å²) < 4.78 is 7.01. The molecule has 2 aliphatic heterocycles. The Morgan fingerprint density at radius 3 is 2.94 bits per heavy atom. The van der Waals surface area contributed by atoms with E-state index in [9.17, 15) is 14.7 Å². The molecule has 0 saturated carbocycles. The number of methoxy groups -OCH3 is 1. The Bertz CT molecular complexity index is 1180. The summed E-state index contributed by atoms with van der Waals surface area (Å²) in [6, 6.07) is 7.33. The smallest absolute Gasteiger partial charge is 0.352 e. The lowest BCUT2D eigenvalue weighted by molar-refractivity contribution is -0.182. The number of hydrogen-bond donors (Lipinski definition) is 1. The number of tetrazole rings is 1. The van der Waals surface area contributed by atoms with Crippen molar-refractivity contribution in [2.45, 2.75) is 16.3 Å². The summed E-state index contributed by atoms with van der Waals surface area (Å²) in [5.41, 5.74) is -0.108. The lowest BCUT2D eigenvalue weighted by Gasteiger charge is -2.53. The van der Waals surface area contributed by atoms with Gasteiger partial charge in [0.1, 0.15) is 11.1 Å². The van der Waals surface area contributed by atoms with Gasteiger partial charge in [-0.2, -0.15) is 0 Å². The van der Waals surface area contributed by atoms with Crippen molar-refractivity contribution in [2.75, 3.05) is 18.6 Å². The summed E-state index contributed by atoms with van der Waals surface area (Å²) in [5, 5.41) is 21.6. The van der Waals surface area contributed by atoms with E-state index in [4.69, 9.17) is 16.3 Å². The minimum atomic E-state index is -1.48. The highest BCUT2D eigenvalue weighted by Gasteiger charge is 2.65. The molecule has 10 nitrogen and oxygen atoms in total. The molecule has 0 unspecified atom stereocenters. The van der Waals surface area contributed by atoms with Crippen LogP contribution < -0.4 is 0 Å². The molecule has 1 saturated heterocycles. The number of benzene rings is 1. The number of amides is 1. The van der Waals surface area contributed by atoms with Crippen molar-refractivity contribution >= 4 is 59.3 Å². The number of halogens is 1. The van der Waals surface area contributed by atoms with Crippen LogP contribution in [0.2, 0.25) is 5.02 Å². The number of hydrogen-bond acceptors (Lipinski definition) is 9. The molecule has 2 atom stereocenters. The number of aryl methyl sites for hydroxylation is 1. The molecule has 0 aliphatic carbocycles. The number of thioether (sulfide) groups is 2. The van der Waals surface area contributed by atoms with Gasteiger partial charge in [0.25, 0.3) is 11.6 Å². The number of nitrogens with zero attached hydrogens (tertiary/aromatic N) is 6. The number of carboxylic acid groups (broad SMARTS) is 1. The van der Waals surface area contributed by atoms with Gasteiger partial charge in [0.05, 0.1) is 0 Å². The zero-order chi connectivity index (χ0) is 23.6. The summed E-state index contributed by atoms with van der Waals surface area (Å²) in [5.74, 6) is -0.953. The first-order valence-corrected chi connectivity index (χ1v) is 12.1. The van der Waals surface area contributed by atoms with Crippen LogP contribution in [-0.2, 0) is 21.4 Å². The van der Waals surface area contributed by atoms with E-state index >= 15 is 0 Å². The molecule has 0 bridgehead atoms. The fraction of sp³-hybridized carbons (Fsp3) is 0.300. The minimum Gasteiger partial charge on any atom is -0.477 e. The number of aliphatic imine (C=N–C) groups is 1. The van der Waals surface area contributed by atoms with E-state index in [0.717, 1.165) is 5.56 Å². The molecule has 1 aromatic heterocycles. The molecule has 2 aliphatic rings. The average Bonchev–Trinajstić information content (AvgIpc) is 3.22. The number of aliphatic carboxylic acids is 1. The number of carbonyl (C=O) groups excluding carboxylic acids is 1. The second kappa shape index (κ2) is 9.67. The van der Waals surface area contributed by atoms with Gasteiger partial charge < -0.3 is 9.84 Å². The Labute approximate surface area is 202 Å². The maximum atomic E-state index is 13.1. The Balaban J connectivity index is 1.54. The number of aromatic nitrogens is 4. The maximum Gasteiger partial charge on any atom is 0.352 e. The second-order valence-electron chi connectivity index (χ2n) is 7.03. The second-order valence-corrected chi connectivity index (χ2v) is 9.45. The SMILES string of the molecule is CO[C@@]1(N=CC=Cc2ccccc2Cl)C(=O)N2C(C(=O)O)=C(CSc3nnnn3C)CS[C@H]21. The standard InChI is InChI=1S/C20H19ClN6O4S2/c1-26-19(23-24-25-26)33-11-13-10-32-18-20(31-2,17(30)27(18)15(13)16(28)29)22-9-5-7-12-6-3-4-8-14(12)21/h3-9,18H,10-11H2,1-2H3,(H,28,29)/t18-,20-/m0/s1. The molecule has 0 radical (unpaired) electrons. The zero-order valence-corrected chi connectivity index (χ0v) is 20.0. The van der Waals surface area contributed by atoms with Crippen LogP contribution in [-0.4, -0.2) is 78.0 Å². The predicted octanol–water partition coefficient (Wildman–Crippen LogP) is 2.34. The summed E-state index contributed by atoms with van der Waals surface area (Å²) in [6.45, 7) is 0. The summed E-state index contributed by atoms with van der Waals surface area (Å²) in [7, 11) is 3.09. The van der Waals surface area contributed by atoms with Crippen molar-refractivity contribution < 1.29 is 19.4 Å². The van der Waals surface area contributed by atoms with Crippen molar-refractivity contribution in [3.05, 3.63) is 52.2 Å². The maximum absolute atomic E-state index is 13.1. The van der Waals surface area contributed by atoms with Crippen LogP contribution in [0.5, 0.6) is 0 Å². The first-order chi connectivity index (χ1) is 15.9. The number of rotatable bonds is 8. The fourth-order valence-corrected chi connectivity index (χ4v) is 6.07. The van der Waals surface area contributed by atoms with Crippen LogP contribution >= 0.6 is 35.1 Å². The van der Waals surface area contributed by atoms with Crippen LogP contribution in [0, 0.1) is 0 Å². The third-order valence-electron chi connectivity index (χ3n) is 5.09. The largest absolute Gasteiger partial charge is 0.477 e. The number of ether oxygens (including phenoxy) is 1. The molecule has 1 N–H and O–H groups in total. The van der Waals surface area contributed by atoms with Gasteiger partial charge in [-0.05, 0) is 33.7 Å². The van der Waals surface area contributed by atoms with E-state index in [0.29, 0.717) is 27.3 Å². The highest BCUT2D eigenvalue weighted by molar-refractivity contribution is 8.01. The fourth-order valence-electron chi connectivity index (χ4n) is 3.45. The van der Waals surface area contributed by atoms with Gasteiger partial charge in [0, 0.05) is 36.9 Å². The first kappa shape index (κ1) is 23.5. The molecule has 172 valence electrons. The summed E-state index contributed by atoms with van der Waals surface area (Å²) in [4.78, 5) is 30.8. The normalized spacial score (nSPS) is 22.8. The lowest BCUT2D eigenvalue weighted by atomic mass is 9.99. The van der Waals surface area contributed by atoms with Gasteiger partial charge in [-0.15, -0.1) is 16.9 Å². The number of carbonyl (C=O) groups is 2. The molecule has 13 heteroatoms. The summed E-state index contributed by atoms with van der Waals surface area (Å²) >= 11 is 8.85. The number of β-lactam (4-membered cyclic amide) rings is 1. The van der Waals surface area contributed by atoms with E-state index in [2.05, 4.69) is 20.5 Å². The monoisotopic (exact) mass is 506 g/mol. The quantitative estimate of drug-likeness (QED) is 0.326. The van der Waals surface area contributed by atoms with Crippen LogP contribution in [0.4, 0.5) is 0 Å². The third kappa shape index (κ3) is 4.31. The van der Waals surface area contributed by atoms with Crippen molar-refractivity contribution in [2.24, 2.45) is 12.0 Å². The van der Waals surface area contributed by atoms with E-state index in [1.807, 2.05) is 18.2 Å². The molecular formula is C20H19ClN6O4S2. The highest BCUT2D eigenvalue weighted by Crippen LogP contribution is 2.49. The van der Waals surface area contributed by atoms with Crippen molar-refractivity contribution in [3.8, 4) is 0 Å². The van der Waals surface area contributed by atoms with Gasteiger partial charge in [-0.25, -0.2) is 14.5 Å². The predicted molar refractivity (Wildman–Crippen MR) is 126 cm³/mol. The number of carboxylic acids is 1. The Morgan fingerprint density at radius 1 is 1.48 bits per heavy atom. The topological polar surface area (TPSA) is 123 Å². The molecule has 4 rings (SSSR count). The third-order valence-corrected chi connectivity index (χ3v) is 7.89. The van der Waals surface area contributed by atoms with Gasteiger partial charge in [0.2, 0.25) is 5.16 Å². The zero-order valence-electron chi connectivity index (χ0n) is 17.6. The van der Waals surface area contributed by atoms with Crippen LogP contribution in [0.1, 0.15) is 5.56 Å². The molecule has 2 aromatic rings. The average molecular weight is 507 g/mol. The Morgan fingerprint density at radius 2 is 2.27 bits per heavy atom. The lowest BCUT2D eigenvalue weighted by Crippen LogP contribution is -2.73. The molecular weight excluding hydrogens is 488 g/mol. The first-order valence-electron chi connectivity index (χ1n) is 9.66. The van der Waals surface area contributed by atoms with Gasteiger partial charge >= 0.3 is 5.97 Å². The molecule has 0 spiro atoms. The molecule has 1 fully saturated rings. The van der Waals surface area contributed by atoms with Crippen molar-refractivity contribution in [1.82, 2.24) is 25.1 Å². The van der Waals surface area contributed by atoms with Crippen molar-refractivity contribution in [1.29, 1.82) is 0 Å². The van der Waals surface area contributed by atoms with E-state index in [-0.39, 0.29) is 5.70 Å².